The van der Waals surface area contributed by atoms with Crippen molar-refractivity contribution in [1.29, 1.82) is 0 Å². The molecule has 112 valence electrons. The van der Waals surface area contributed by atoms with Crippen LogP contribution in [0.1, 0.15) is 5.56 Å². The van der Waals surface area contributed by atoms with E-state index in [1.165, 1.54) is 17.3 Å². The molecular formula is C17H16N2O2S. The van der Waals surface area contributed by atoms with Crippen LogP contribution in [-0.2, 0) is 17.8 Å². The Labute approximate surface area is 132 Å². The number of para-hydroxylation sites is 2. The van der Waals surface area contributed by atoms with E-state index in [0.717, 1.165) is 29.2 Å². The van der Waals surface area contributed by atoms with Gasteiger partial charge in [0.25, 0.3) is 0 Å². The van der Waals surface area contributed by atoms with Gasteiger partial charge in [0.1, 0.15) is 0 Å². The van der Waals surface area contributed by atoms with E-state index in [1.807, 2.05) is 42.5 Å². The number of hydrogen-bond donors (Lipinski definition) is 1. The normalized spacial score (nSPS) is 10.9. The van der Waals surface area contributed by atoms with Gasteiger partial charge in [-0.2, -0.15) is 0 Å². The first-order valence-corrected chi connectivity index (χ1v) is 8.06. The highest BCUT2D eigenvalue weighted by Crippen LogP contribution is 2.24. The molecule has 4 nitrogen and oxygen atoms in total. The Morgan fingerprint density at radius 2 is 1.82 bits per heavy atom. The maximum Gasteiger partial charge on any atom is 0.313 e. The highest BCUT2D eigenvalue weighted by atomic mass is 32.2. The number of rotatable bonds is 6. The van der Waals surface area contributed by atoms with Crippen LogP contribution < -0.4 is 0 Å². The van der Waals surface area contributed by atoms with Crippen LogP contribution in [0.25, 0.3) is 11.0 Å². The Bertz CT molecular complexity index is 784. The van der Waals surface area contributed by atoms with Gasteiger partial charge in [0.05, 0.1) is 16.8 Å². The molecule has 0 aliphatic rings. The minimum absolute atomic E-state index is 0.0225. The summed E-state index contributed by atoms with van der Waals surface area (Å²) in [5, 5.41) is 9.65. The molecule has 0 aliphatic carbocycles. The molecule has 2 aromatic carbocycles. The van der Waals surface area contributed by atoms with E-state index < -0.39 is 5.97 Å². The summed E-state index contributed by atoms with van der Waals surface area (Å²) in [6.45, 7) is 0.784. The first-order chi connectivity index (χ1) is 10.7. The van der Waals surface area contributed by atoms with Crippen molar-refractivity contribution in [3.05, 3.63) is 60.2 Å². The van der Waals surface area contributed by atoms with Crippen LogP contribution in [-0.4, -0.2) is 26.4 Å². The number of carboxylic acid groups (broad SMARTS) is 1. The van der Waals surface area contributed by atoms with E-state index in [9.17, 15) is 4.79 Å². The summed E-state index contributed by atoms with van der Waals surface area (Å²) in [7, 11) is 0. The van der Waals surface area contributed by atoms with Gasteiger partial charge in [0.15, 0.2) is 5.16 Å². The Morgan fingerprint density at radius 3 is 2.59 bits per heavy atom. The average molecular weight is 312 g/mol. The standard InChI is InChI=1S/C17H16N2O2S/c20-16(21)12-22-17-18-14-8-4-5-9-15(14)19(17)11-10-13-6-2-1-3-7-13/h1-9H,10-12H2,(H,20,21). The molecule has 0 aliphatic heterocycles. The molecule has 1 N–H and O–H groups in total. The minimum Gasteiger partial charge on any atom is -0.481 e. The Hall–Kier alpha value is -2.27. The van der Waals surface area contributed by atoms with Crippen molar-refractivity contribution in [2.75, 3.05) is 5.75 Å². The quantitative estimate of drug-likeness (QED) is 0.708. The summed E-state index contributed by atoms with van der Waals surface area (Å²) in [5.74, 6) is -0.805. The second kappa shape index (κ2) is 6.66. The van der Waals surface area contributed by atoms with E-state index in [4.69, 9.17) is 5.11 Å². The van der Waals surface area contributed by atoms with Gasteiger partial charge < -0.3 is 9.67 Å². The van der Waals surface area contributed by atoms with Gasteiger partial charge in [-0.1, -0.05) is 54.2 Å². The van der Waals surface area contributed by atoms with Gasteiger partial charge >= 0.3 is 5.97 Å². The van der Waals surface area contributed by atoms with Crippen LogP contribution in [0.15, 0.2) is 59.8 Å². The lowest BCUT2D eigenvalue weighted by Gasteiger charge is -2.08. The summed E-state index contributed by atoms with van der Waals surface area (Å²) in [5.41, 5.74) is 3.21. The average Bonchev–Trinajstić information content (AvgIpc) is 2.89. The third kappa shape index (κ3) is 3.31. The van der Waals surface area contributed by atoms with Gasteiger partial charge in [-0.15, -0.1) is 0 Å². The molecule has 1 aromatic heterocycles. The van der Waals surface area contributed by atoms with Crippen LogP contribution in [0, 0.1) is 0 Å². The summed E-state index contributed by atoms with van der Waals surface area (Å²) in [6.07, 6.45) is 0.891. The Morgan fingerprint density at radius 1 is 1.09 bits per heavy atom. The van der Waals surface area contributed by atoms with Crippen LogP contribution in [0.2, 0.25) is 0 Å². The van der Waals surface area contributed by atoms with Crippen molar-refractivity contribution in [1.82, 2.24) is 9.55 Å². The number of aryl methyl sites for hydroxylation is 2. The summed E-state index contributed by atoms with van der Waals surface area (Å²) in [4.78, 5) is 15.4. The van der Waals surface area contributed by atoms with Crippen LogP contribution >= 0.6 is 11.8 Å². The van der Waals surface area contributed by atoms with Gasteiger partial charge in [-0.05, 0) is 24.1 Å². The first-order valence-electron chi connectivity index (χ1n) is 7.08. The lowest BCUT2D eigenvalue weighted by Crippen LogP contribution is -2.05. The molecule has 0 radical (unpaired) electrons. The summed E-state index contributed by atoms with van der Waals surface area (Å²) in [6, 6.07) is 18.2. The van der Waals surface area contributed by atoms with E-state index in [1.54, 1.807) is 0 Å². The molecule has 1 heterocycles. The van der Waals surface area contributed by atoms with E-state index in [2.05, 4.69) is 21.7 Å². The second-order valence-electron chi connectivity index (χ2n) is 4.95. The number of carboxylic acids is 1. The smallest absolute Gasteiger partial charge is 0.313 e. The maximum absolute atomic E-state index is 10.8. The molecule has 0 fully saturated rings. The topological polar surface area (TPSA) is 55.1 Å². The van der Waals surface area contributed by atoms with E-state index in [0.29, 0.717) is 0 Å². The number of nitrogens with zero attached hydrogens (tertiary/aromatic N) is 2. The van der Waals surface area contributed by atoms with Gasteiger partial charge in [0, 0.05) is 6.54 Å². The zero-order chi connectivity index (χ0) is 15.4. The molecule has 0 spiro atoms. The van der Waals surface area contributed by atoms with E-state index in [-0.39, 0.29) is 5.75 Å². The van der Waals surface area contributed by atoms with Crippen molar-refractivity contribution in [3.8, 4) is 0 Å². The third-order valence-electron chi connectivity index (χ3n) is 3.41. The third-order valence-corrected chi connectivity index (χ3v) is 4.37. The Balaban J connectivity index is 1.88. The number of fused-ring (bicyclic) bond motifs is 1. The number of benzene rings is 2. The molecule has 5 heteroatoms. The molecule has 0 saturated carbocycles. The van der Waals surface area contributed by atoms with E-state index >= 15 is 0 Å². The van der Waals surface area contributed by atoms with Crippen molar-refractivity contribution in [2.24, 2.45) is 0 Å². The van der Waals surface area contributed by atoms with Crippen molar-refractivity contribution in [3.63, 3.8) is 0 Å². The molecule has 0 atom stereocenters. The molecule has 0 amide bonds. The fraction of sp³-hybridized carbons (Fsp3) is 0.176. The predicted molar refractivity (Wildman–Crippen MR) is 88.2 cm³/mol. The number of imidazole rings is 1. The van der Waals surface area contributed by atoms with Gasteiger partial charge in [-0.3, -0.25) is 4.79 Å². The first kappa shape index (κ1) is 14.7. The fourth-order valence-corrected chi connectivity index (χ4v) is 3.15. The summed E-state index contributed by atoms with van der Waals surface area (Å²) < 4.78 is 2.11. The number of carbonyl (C=O) groups is 1. The van der Waals surface area contributed by atoms with Crippen LogP contribution in [0.4, 0.5) is 0 Å². The lowest BCUT2D eigenvalue weighted by atomic mass is 10.1. The van der Waals surface area contributed by atoms with Crippen molar-refractivity contribution >= 4 is 28.8 Å². The highest BCUT2D eigenvalue weighted by molar-refractivity contribution is 7.99. The number of hydrogen-bond acceptors (Lipinski definition) is 3. The lowest BCUT2D eigenvalue weighted by molar-refractivity contribution is -0.133. The molecular weight excluding hydrogens is 296 g/mol. The molecule has 22 heavy (non-hydrogen) atoms. The number of aromatic nitrogens is 2. The molecule has 0 saturated heterocycles. The highest BCUT2D eigenvalue weighted by Gasteiger charge is 2.12. The number of aliphatic carboxylic acids is 1. The number of thioether (sulfide) groups is 1. The Kier molecular flexibility index (Phi) is 4.44. The maximum atomic E-state index is 10.8. The largest absolute Gasteiger partial charge is 0.481 e. The van der Waals surface area contributed by atoms with Crippen molar-refractivity contribution in [2.45, 2.75) is 18.1 Å². The SMILES string of the molecule is O=C(O)CSc1nc2ccccc2n1CCc1ccccc1. The predicted octanol–water partition coefficient (Wildman–Crippen LogP) is 3.46. The molecule has 0 unspecified atom stereocenters. The van der Waals surface area contributed by atoms with Crippen LogP contribution in [0.3, 0.4) is 0 Å². The zero-order valence-electron chi connectivity index (χ0n) is 12.0. The van der Waals surface area contributed by atoms with Crippen molar-refractivity contribution < 1.29 is 9.90 Å². The van der Waals surface area contributed by atoms with Gasteiger partial charge in [-0.25, -0.2) is 4.98 Å². The van der Waals surface area contributed by atoms with Crippen LogP contribution in [0.5, 0.6) is 0 Å². The fourth-order valence-electron chi connectivity index (χ4n) is 2.39. The monoisotopic (exact) mass is 312 g/mol. The molecule has 3 aromatic rings. The second-order valence-corrected chi connectivity index (χ2v) is 5.90. The van der Waals surface area contributed by atoms with Gasteiger partial charge in [0.2, 0.25) is 0 Å². The minimum atomic E-state index is -0.827. The zero-order valence-corrected chi connectivity index (χ0v) is 12.8. The summed E-state index contributed by atoms with van der Waals surface area (Å²) >= 11 is 1.27. The molecule has 3 rings (SSSR count). The molecule has 0 bridgehead atoms.